The standard InChI is InChI=1S/C16H28O3S/c1-2-16(10-12-20(17,18)14-16)9-6-11-19-13-15-7-4-3-5-8-15/h13H,2-12,14H2,1H3. The van der Waals surface area contributed by atoms with Crippen molar-refractivity contribution in [3.63, 3.8) is 0 Å². The molecule has 1 atom stereocenters. The lowest BCUT2D eigenvalue weighted by atomic mass is 9.80. The first-order chi connectivity index (χ1) is 9.55. The summed E-state index contributed by atoms with van der Waals surface area (Å²) in [5, 5.41) is 0. The highest BCUT2D eigenvalue weighted by atomic mass is 32.2. The molecule has 1 unspecified atom stereocenters. The summed E-state index contributed by atoms with van der Waals surface area (Å²) in [5.74, 6) is 0.767. The Hall–Kier alpha value is -0.510. The molecule has 1 saturated carbocycles. The Morgan fingerprint density at radius 2 is 2.00 bits per heavy atom. The van der Waals surface area contributed by atoms with Crippen molar-refractivity contribution in [3.05, 3.63) is 11.8 Å². The van der Waals surface area contributed by atoms with E-state index in [-0.39, 0.29) is 5.41 Å². The van der Waals surface area contributed by atoms with Gasteiger partial charge in [0.15, 0.2) is 9.84 Å². The second kappa shape index (κ2) is 6.97. The molecule has 4 heteroatoms. The van der Waals surface area contributed by atoms with Crippen molar-refractivity contribution in [1.29, 1.82) is 0 Å². The van der Waals surface area contributed by atoms with Crippen molar-refractivity contribution in [2.45, 2.75) is 64.7 Å². The van der Waals surface area contributed by atoms with Crippen LogP contribution in [0.3, 0.4) is 0 Å². The molecule has 116 valence electrons. The first kappa shape index (κ1) is 15.9. The van der Waals surface area contributed by atoms with Crippen LogP contribution in [0.4, 0.5) is 0 Å². The number of ether oxygens (including phenoxy) is 1. The van der Waals surface area contributed by atoms with Crippen LogP contribution in [0, 0.1) is 5.41 Å². The highest BCUT2D eigenvalue weighted by Crippen LogP contribution is 2.39. The van der Waals surface area contributed by atoms with Crippen LogP contribution in [0.25, 0.3) is 0 Å². The van der Waals surface area contributed by atoms with Crippen LogP contribution in [-0.4, -0.2) is 26.5 Å². The summed E-state index contributed by atoms with van der Waals surface area (Å²) in [5.41, 5.74) is 1.48. The quantitative estimate of drug-likeness (QED) is 0.553. The van der Waals surface area contributed by atoms with E-state index in [1.54, 1.807) is 0 Å². The molecule has 0 spiro atoms. The van der Waals surface area contributed by atoms with E-state index in [0.717, 1.165) is 32.3 Å². The minimum absolute atomic E-state index is 0.0280. The number of hydrogen-bond donors (Lipinski definition) is 0. The van der Waals surface area contributed by atoms with Crippen molar-refractivity contribution in [2.75, 3.05) is 18.1 Å². The monoisotopic (exact) mass is 300 g/mol. The van der Waals surface area contributed by atoms with E-state index in [4.69, 9.17) is 4.74 Å². The summed E-state index contributed by atoms with van der Waals surface area (Å²) in [6.07, 6.45) is 12.0. The van der Waals surface area contributed by atoms with Gasteiger partial charge in [0.25, 0.3) is 0 Å². The van der Waals surface area contributed by atoms with Crippen LogP contribution >= 0.6 is 0 Å². The molecule has 0 aromatic heterocycles. The first-order valence-electron chi connectivity index (χ1n) is 8.05. The zero-order valence-electron chi connectivity index (χ0n) is 12.7. The van der Waals surface area contributed by atoms with Gasteiger partial charge in [-0.15, -0.1) is 0 Å². The third-order valence-corrected chi connectivity index (χ3v) is 6.81. The van der Waals surface area contributed by atoms with Gasteiger partial charge >= 0.3 is 0 Å². The van der Waals surface area contributed by atoms with E-state index >= 15 is 0 Å². The fourth-order valence-electron chi connectivity index (χ4n) is 3.47. The van der Waals surface area contributed by atoms with Crippen molar-refractivity contribution in [3.8, 4) is 0 Å². The topological polar surface area (TPSA) is 43.4 Å². The summed E-state index contributed by atoms with van der Waals surface area (Å²) in [6, 6.07) is 0. The number of allylic oxidation sites excluding steroid dienone is 1. The number of hydrogen-bond acceptors (Lipinski definition) is 3. The van der Waals surface area contributed by atoms with Crippen molar-refractivity contribution in [2.24, 2.45) is 5.41 Å². The van der Waals surface area contributed by atoms with Crippen LogP contribution in [0.1, 0.15) is 64.7 Å². The third-order valence-electron chi connectivity index (χ3n) is 4.93. The van der Waals surface area contributed by atoms with E-state index < -0.39 is 9.84 Å². The van der Waals surface area contributed by atoms with Crippen molar-refractivity contribution in [1.82, 2.24) is 0 Å². The largest absolute Gasteiger partial charge is 0.501 e. The van der Waals surface area contributed by atoms with E-state index in [1.807, 2.05) is 6.26 Å². The van der Waals surface area contributed by atoms with E-state index in [9.17, 15) is 8.42 Å². The molecule has 2 rings (SSSR count). The Bertz CT molecular complexity index is 431. The van der Waals surface area contributed by atoms with Gasteiger partial charge < -0.3 is 4.74 Å². The molecule has 0 N–H and O–H groups in total. The molecule has 2 aliphatic rings. The zero-order valence-corrected chi connectivity index (χ0v) is 13.5. The summed E-state index contributed by atoms with van der Waals surface area (Å²) >= 11 is 0. The molecule has 0 radical (unpaired) electrons. The Kier molecular flexibility index (Phi) is 5.53. The maximum absolute atomic E-state index is 11.7. The molecular weight excluding hydrogens is 272 g/mol. The predicted octanol–water partition coefficient (Wildman–Crippen LogP) is 3.85. The molecule has 20 heavy (non-hydrogen) atoms. The van der Waals surface area contributed by atoms with Gasteiger partial charge in [-0.25, -0.2) is 8.42 Å². The molecule has 1 saturated heterocycles. The highest BCUT2D eigenvalue weighted by molar-refractivity contribution is 7.91. The van der Waals surface area contributed by atoms with Gasteiger partial charge in [0.1, 0.15) is 0 Å². The molecule has 0 aromatic rings. The van der Waals surface area contributed by atoms with Gasteiger partial charge in [-0.3, -0.25) is 0 Å². The summed E-state index contributed by atoms with van der Waals surface area (Å²) < 4.78 is 29.0. The van der Waals surface area contributed by atoms with Gasteiger partial charge in [-0.2, -0.15) is 0 Å². The number of rotatable bonds is 6. The minimum atomic E-state index is -2.78. The normalized spacial score (nSPS) is 29.4. The van der Waals surface area contributed by atoms with Gasteiger partial charge in [-0.1, -0.05) is 13.3 Å². The van der Waals surface area contributed by atoms with Gasteiger partial charge in [0.2, 0.25) is 0 Å². The van der Waals surface area contributed by atoms with Crippen LogP contribution in [0.15, 0.2) is 11.8 Å². The van der Waals surface area contributed by atoms with Crippen LogP contribution in [0.2, 0.25) is 0 Å². The first-order valence-corrected chi connectivity index (χ1v) is 9.87. The lowest BCUT2D eigenvalue weighted by molar-refractivity contribution is 0.202. The highest BCUT2D eigenvalue weighted by Gasteiger charge is 2.40. The Labute approximate surface area is 123 Å². The van der Waals surface area contributed by atoms with Gasteiger partial charge in [0, 0.05) is 0 Å². The van der Waals surface area contributed by atoms with Crippen molar-refractivity contribution >= 4 is 9.84 Å². The average molecular weight is 300 g/mol. The Morgan fingerprint density at radius 3 is 2.60 bits per heavy atom. The number of sulfone groups is 1. The molecule has 1 aliphatic carbocycles. The maximum atomic E-state index is 11.7. The zero-order chi connectivity index (χ0) is 14.5. The van der Waals surface area contributed by atoms with E-state index in [2.05, 4.69) is 6.92 Å². The molecule has 0 amide bonds. The molecule has 3 nitrogen and oxygen atoms in total. The summed E-state index contributed by atoms with van der Waals surface area (Å²) in [4.78, 5) is 0. The predicted molar refractivity (Wildman–Crippen MR) is 82.3 cm³/mol. The fourth-order valence-corrected chi connectivity index (χ4v) is 5.78. The summed E-state index contributed by atoms with van der Waals surface area (Å²) in [7, 11) is -2.78. The van der Waals surface area contributed by atoms with Gasteiger partial charge in [0.05, 0.1) is 24.4 Å². The van der Waals surface area contributed by atoms with Crippen LogP contribution in [0.5, 0.6) is 0 Å². The molecule has 1 aliphatic heterocycles. The Morgan fingerprint density at radius 1 is 1.25 bits per heavy atom. The van der Waals surface area contributed by atoms with E-state index in [1.165, 1.54) is 37.7 Å². The molecular formula is C16H28O3S. The Balaban J connectivity index is 1.69. The molecule has 0 bridgehead atoms. The lowest BCUT2D eigenvalue weighted by Gasteiger charge is -2.25. The second-order valence-corrected chi connectivity index (χ2v) is 8.69. The lowest BCUT2D eigenvalue weighted by Crippen LogP contribution is -2.21. The second-order valence-electron chi connectivity index (χ2n) is 6.51. The van der Waals surface area contributed by atoms with Crippen molar-refractivity contribution < 1.29 is 13.2 Å². The van der Waals surface area contributed by atoms with E-state index in [0.29, 0.717) is 11.5 Å². The third kappa shape index (κ3) is 4.51. The fraction of sp³-hybridized carbons (Fsp3) is 0.875. The smallest absolute Gasteiger partial charge is 0.150 e. The molecule has 1 heterocycles. The molecule has 2 fully saturated rings. The summed E-state index contributed by atoms with van der Waals surface area (Å²) in [6.45, 7) is 2.84. The van der Waals surface area contributed by atoms with Crippen LogP contribution in [-0.2, 0) is 14.6 Å². The average Bonchev–Trinajstić information content (AvgIpc) is 2.76. The molecule has 0 aromatic carbocycles. The minimum Gasteiger partial charge on any atom is -0.501 e. The van der Waals surface area contributed by atoms with Crippen LogP contribution < -0.4 is 0 Å². The maximum Gasteiger partial charge on any atom is 0.150 e. The SMILES string of the molecule is CCC1(CCCOC=C2CCCCC2)CCS(=O)(=O)C1. The van der Waals surface area contributed by atoms with Gasteiger partial charge in [-0.05, 0) is 62.4 Å².